The molecule has 0 atom stereocenters. The van der Waals surface area contributed by atoms with Gasteiger partial charge in [-0.3, -0.25) is 4.79 Å². The van der Waals surface area contributed by atoms with Crippen molar-refractivity contribution in [3.63, 3.8) is 0 Å². The number of carboxylic acids is 1. The standard InChI is InChI=1S/C12H23NO2S/c1-2-16-9-3-8-13-11-6-4-10(5-7-11)12(14)15/h10-11,13H,2-9H2,1H3,(H,14,15). The molecule has 2 N–H and O–H groups in total. The third kappa shape index (κ3) is 5.21. The van der Waals surface area contributed by atoms with Crippen LogP contribution in [0.4, 0.5) is 0 Å². The van der Waals surface area contributed by atoms with E-state index in [1.807, 2.05) is 11.8 Å². The molecule has 1 saturated carbocycles. The van der Waals surface area contributed by atoms with Crippen LogP contribution in [0.2, 0.25) is 0 Å². The van der Waals surface area contributed by atoms with Crippen LogP contribution < -0.4 is 5.32 Å². The molecule has 1 aliphatic carbocycles. The lowest BCUT2D eigenvalue weighted by atomic mass is 9.86. The molecule has 3 nitrogen and oxygen atoms in total. The van der Waals surface area contributed by atoms with Crippen molar-refractivity contribution in [2.24, 2.45) is 5.92 Å². The summed E-state index contributed by atoms with van der Waals surface area (Å²) in [6, 6.07) is 0.558. The number of thioether (sulfide) groups is 1. The van der Waals surface area contributed by atoms with Gasteiger partial charge in [0.25, 0.3) is 0 Å². The smallest absolute Gasteiger partial charge is 0.306 e. The van der Waals surface area contributed by atoms with E-state index in [9.17, 15) is 4.79 Å². The van der Waals surface area contributed by atoms with E-state index in [1.54, 1.807) is 0 Å². The van der Waals surface area contributed by atoms with E-state index in [4.69, 9.17) is 5.11 Å². The van der Waals surface area contributed by atoms with Gasteiger partial charge in [0.1, 0.15) is 0 Å². The summed E-state index contributed by atoms with van der Waals surface area (Å²) in [5, 5.41) is 12.4. The third-order valence-corrected chi connectivity index (χ3v) is 4.16. The SMILES string of the molecule is CCSCCCNC1CCC(C(=O)O)CC1. The van der Waals surface area contributed by atoms with Gasteiger partial charge in [-0.25, -0.2) is 0 Å². The Morgan fingerprint density at radius 2 is 2.06 bits per heavy atom. The molecule has 4 heteroatoms. The lowest BCUT2D eigenvalue weighted by Crippen LogP contribution is -2.35. The Labute approximate surface area is 102 Å². The lowest BCUT2D eigenvalue weighted by Gasteiger charge is -2.26. The van der Waals surface area contributed by atoms with Crippen molar-refractivity contribution in [1.29, 1.82) is 0 Å². The van der Waals surface area contributed by atoms with Crippen molar-refractivity contribution in [3.8, 4) is 0 Å². The quantitative estimate of drug-likeness (QED) is 0.676. The first-order valence-corrected chi connectivity index (χ1v) is 7.43. The van der Waals surface area contributed by atoms with E-state index in [0.717, 1.165) is 32.2 Å². The maximum Gasteiger partial charge on any atom is 0.306 e. The predicted molar refractivity (Wildman–Crippen MR) is 69.0 cm³/mol. The number of nitrogens with one attached hydrogen (secondary N) is 1. The van der Waals surface area contributed by atoms with E-state index >= 15 is 0 Å². The first-order valence-electron chi connectivity index (χ1n) is 6.28. The van der Waals surface area contributed by atoms with E-state index in [1.165, 1.54) is 17.9 Å². The first-order chi connectivity index (χ1) is 7.74. The second-order valence-corrected chi connectivity index (χ2v) is 5.79. The molecule has 16 heavy (non-hydrogen) atoms. The van der Waals surface area contributed by atoms with Gasteiger partial charge in [-0.05, 0) is 50.2 Å². The van der Waals surface area contributed by atoms with Gasteiger partial charge < -0.3 is 10.4 Å². The normalized spacial score (nSPS) is 25.6. The molecule has 0 radical (unpaired) electrons. The molecule has 0 amide bonds. The van der Waals surface area contributed by atoms with E-state index in [2.05, 4.69) is 12.2 Å². The number of hydrogen-bond acceptors (Lipinski definition) is 3. The highest BCUT2D eigenvalue weighted by Gasteiger charge is 2.25. The molecule has 1 fully saturated rings. The molecule has 0 aromatic rings. The zero-order valence-electron chi connectivity index (χ0n) is 10.1. The number of carboxylic acid groups (broad SMARTS) is 1. The summed E-state index contributed by atoms with van der Waals surface area (Å²) in [4.78, 5) is 10.8. The Morgan fingerprint density at radius 1 is 1.38 bits per heavy atom. The fourth-order valence-electron chi connectivity index (χ4n) is 2.17. The van der Waals surface area contributed by atoms with Crippen molar-refractivity contribution in [2.45, 2.75) is 45.1 Å². The van der Waals surface area contributed by atoms with E-state index < -0.39 is 5.97 Å². The highest BCUT2D eigenvalue weighted by atomic mass is 32.2. The van der Waals surface area contributed by atoms with Crippen molar-refractivity contribution in [3.05, 3.63) is 0 Å². The fraction of sp³-hybridized carbons (Fsp3) is 0.917. The minimum absolute atomic E-state index is 0.0892. The molecule has 0 aromatic heterocycles. The Hall–Kier alpha value is -0.220. The lowest BCUT2D eigenvalue weighted by molar-refractivity contribution is -0.142. The predicted octanol–water partition coefficient (Wildman–Crippen LogP) is 2.36. The van der Waals surface area contributed by atoms with Crippen molar-refractivity contribution in [1.82, 2.24) is 5.32 Å². The average molecular weight is 245 g/mol. The van der Waals surface area contributed by atoms with Gasteiger partial charge in [0.05, 0.1) is 5.92 Å². The minimum Gasteiger partial charge on any atom is -0.481 e. The largest absolute Gasteiger partial charge is 0.481 e. The number of rotatable bonds is 7. The van der Waals surface area contributed by atoms with Crippen LogP contribution in [-0.4, -0.2) is 35.2 Å². The van der Waals surface area contributed by atoms with Crippen LogP contribution in [-0.2, 0) is 4.79 Å². The molecule has 0 saturated heterocycles. The third-order valence-electron chi connectivity index (χ3n) is 3.18. The molecular formula is C12H23NO2S. The molecule has 1 aliphatic rings. The summed E-state index contributed by atoms with van der Waals surface area (Å²) in [5.41, 5.74) is 0. The minimum atomic E-state index is -0.613. The van der Waals surface area contributed by atoms with Gasteiger partial charge in [-0.1, -0.05) is 6.92 Å². The Balaban J connectivity index is 2.02. The van der Waals surface area contributed by atoms with Gasteiger partial charge >= 0.3 is 5.97 Å². The van der Waals surface area contributed by atoms with Crippen molar-refractivity contribution in [2.75, 3.05) is 18.1 Å². The molecule has 94 valence electrons. The first kappa shape index (κ1) is 13.8. The zero-order chi connectivity index (χ0) is 11.8. The number of carbonyl (C=O) groups is 1. The molecule has 0 unspecified atom stereocenters. The monoisotopic (exact) mass is 245 g/mol. The maximum absolute atomic E-state index is 10.8. The summed E-state index contributed by atoms with van der Waals surface area (Å²) in [6.07, 6.45) is 4.96. The summed E-state index contributed by atoms with van der Waals surface area (Å²) >= 11 is 1.98. The van der Waals surface area contributed by atoms with Crippen LogP contribution in [0.3, 0.4) is 0 Å². The Bertz CT molecular complexity index is 203. The van der Waals surface area contributed by atoms with E-state index in [-0.39, 0.29) is 5.92 Å². The molecule has 0 bridgehead atoms. The van der Waals surface area contributed by atoms with Crippen LogP contribution in [0.15, 0.2) is 0 Å². The Kier molecular flexibility index (Phi) is 6.88. The molecular weight excluding hydrogens is 222 g/mol. The topological polar surface area (TPSA) is 49.3 Å². The fourth-order valence-corrected chi connectivity index (χ4v) is 2.81. The van der Waals surface area contributed by atoms with Gasteiger partial charge in [-0.2, -0.15) is 11.8 Å². The van der Waals surface area contributed by atoms with E-state index in [0.29, 0.717) is 6.04 Å². The average Bonchev–Trinajstić information content (AvgIpc) is 2.29. The second-order valence-electron chi connectivity index (χ2n) is 4.39. The Morgan fingerprint density at radius 3 is 2.62 bits per heavy atom. The summed E-state index contributed by atoms with van der Waals surface area (Å²) < 4.78 is 0. The summed E-state index contributed by atoms with van der Waals surface area (Å²) in [6.45, 7) is 3.26. The van der Waals surface area contributed by atoms with Gasteiger partial charge in [-0.15, -0.1) is 0 Å². The highest BCUT2D eigenvalue weighted by Crippen LogP contribution is 2.24. The second kappa shape index (κ2) is 7.96. The van der Waals surface area contributed by atoms with Gasteiger partial charge in [0.2, 0.25) is 0 Å². The van der Waals surface area contributed by atoms with Crippen LogP contribution in [0.5, 0.6) is 0 Å². The van der Waals surface area contributed by atoms with Crippen molar-refractivity contribution >= 4 is 17.7 Å². The summed E-state index contributed by atoms with van der Waals surface area (Å²) in [7, 11) is 0. The zero-order valence-corrected chi connectivity index (χ0v) is 10.9. The molecule has 0 spiro atoms. The van der Waals surface area contributed by atoms with Crippen LogP contribution in [0, 0.1) is 5.92 Å². The van der Waals surface area contributed by atoms with Crippen LogP contribution in [0.1, 0.15) is 39.0 Å². The van der Waals surface area contributed by atoms with Gasteiger partial charge in [0, 0.05) is 6.04 Å². The van der Waals surface area contributed by atoms with Crippen LogP contribution >= 0.6 is 11.8 Å². The molecule has 0 aromatic carbocycles. The van der Waals surface area contributed by atoms with Crippen molar-refractivity contribution < 1.29 is 9.90 Å². The number of aliphatic carboxylic acids is 1. The van der Waals surface area contributed by atoms with Crippen LogP contribution in [0.25, 0.3) is 0 Å². The molecule has 0 heterocycles. The number of hydrogen-bond donors (Lipinski definition) is 2. The van der Waals surface area contributed by atoms with Gasteiger partial charge in [0.15, 0.2) is 0 Å². The highest BCUT2D eigenvalue weighted by molar-refractivity contribution is 7.99. The summed E-state index contributed by atoms with van der Waals surface area (Å²) in [5.74, 6) is 1.73. The molecule has 1 rings (SSSR count). The maximum atomic E-state index is 10.8. The molecule has 0 aliphatic heterocycles.